The van der Waals surface area contributed by atoms with Gasteiger partial charge >= 0.3 is 0 Å². The number of piperidine rings is 1. The zero-order chi connectivity index (χ0) is 11.5. The molecule has 0 aliphatic carbocycles. The van der Waals surface area contributed by atoms with Crippen LogP contribution < -0.4 is 5.73 Å². The van der Waals surface area contributed by atoms with Crippen molar-refractivity contribution >= 4 is 5.91 Å². The lowest BCUT2D eigenvalue weighted by Gasteiger charge is -2.29. The first-order valence-corrected chi connectivity index (χ1v) is 5.48. The molecule has 1 fully saturated rings. The molecule has 2 heterocycles. The molecular weight excluding hydrogens is 204 g/mol. The van der Waals surface area contributed by atoms with Crippen LogP contribution in [0.2, 0.25) is 0 Å². The predicted molar refractivity (Wildman–Crippen MR) is 60.0 cm³/mol. The van der Waals surface area contributed by atoms with Crippen LogP contribution >= 0.6 is 0 Å². The SMILES string of the molecule is CN1CCCC(c2ccnc(C(N)=O)n2)C1. The van der Waals surface area contributed by atoms with Crippen molar-refractivity contribution in [3.63, 3.8) is 0 Å². The average Bonchev–Trinajstić information content (AvgIpc) is 2.29. The van der Waals surface area contributed by atoms with Crippen molar-refractivity contribution in [3.05, 3.63) is 23.8 Å². The predicted octanol–water partition coefficient (Wildman–Crippen LogP) is 0.385. The maximum absolute atomic E-state index is 11.0. The molecule has 1 aliphatic rings. The second-order valence-electron chi connectivity index (χ2n) is 4.27. The molecule has 1 saturated heterocycles. The number of aromatic nitrogens is 2. The molecule has 0 aromatic carbocycles. The van der Waals surface area contributed by atoms with Gasteiger partial charge in [0.15, 0.2) is 0 Å². The van der Waals surface area contributed by atoms with Crippen molar-refractivity contribution < 1.29 is 4.79 Å². The number of amides is 1. The topological polar surface area (TPSA) is 72.1 Å². The third kappa shape index (κ3) is 2.36. The van der Waals surface area contributed by atoms with Crippen LogP contribution in [-0.4, -0.2) is 40.9 Å². The van der Waals surface area contributed by atoms with E-state index in [9.17, 15) is 4.79 Å². The molecule has 1 amide bonds. The van der Waals surface area contributed by atoms with Crippen molar-refractivity contribution in [2.75, 3.05) is 20.1 Å². The maximum Gasteiger partial charge on any atom is 0.286 e. The first-order chi connectivity index (χ1) is 7.66. The maximum atomic E-state index is 11.0. The van der Waals surface area contributed by atoms with Crippen molar-refractivity contribution in [1.82, 2.24) is 14.9 Å². The van der Waals surface area contributed by atoms with Gasteiger partial charge in [-0.05, 0) is 32.5 Å². The fourth-order valence-electron chi connectivity index (χ4n) is 2.13. The Labute approximate surface area is 94.7 Å². The van der Waals surface area contributed by atoms with E-state index >= 15 is 0 Å². The van der Waals surface area contributed by atoms with Gasteiger partial charge in [-0.3, -0.25) is 4.79 Å². The molecule has 0 radical (unpaired) electrons. The summed E-state index contributed by atoms with van der Waals surface area (Å²) >= 11 is 0. The molecule has 5 nitrogen and oxygen atoms in total. The smallest absolute Gasteiger partial charge is 0.286 e. The van der Waals surface area contributed by atoms with Crippen LogP contribution in [0.4, 0.5) is 0 Å². The van der Waals surface area contributed by atoms with Gasteiger partial charge < -0.3 is 10.6 Å². The van der Waals surface area contributed by atoms with E-state index in [1.807, 2.05) is 6.07 Å². The van der Waals surface area contributed by atoms with Crippen LogP contribution in [0.15, 0.2) is 12.3 Å². The van der Waals surface area contributed by atoms with Gasteiger partial charge in [0.2, 0.25) is 5.82 Å². The van der Waals surface area contributed by atoms with Crippen LogP contribution in [0.5, 0.6) is 0 Å². The summed E-state index contributed by atoms with van der Waals surface area (Å²) in [7, 11) is 2.10. The van der Waals surface area contributed by atoms with Crippen LogP contribution in [0, 0.1) is 0 Å². The molecule has 1 aromatic rings. The van der Waals surface area contributed by atoms with Crippen molar-refractivity contribution in [2.45, 2.75) is 18.8 Å². The number of primary amides is 1. The van der Waals surface area contributed by atoms with Gasteiger partial charge in [0, 0.05) is 24.4 Å². The molecule has 2 rings (SSSR count). The number of hydrogen-bond donors (Lipinski definition) is 1. The molecular formula is C11H16N4O. The Kier molecular flexibility index (Phi) is 3.14. The third-order valence-corrected chi connectivity index (χ3v) is 2.94. The molecule has 86 valence electrons. The summed E-state index contributed by atoms with van der Waals surface area (Å²) in [4.78, 5) is 21.3. The van der Waals surface area contributed by atoms with Gasteiger partial charge in [0.1, 0.15) is 0 Å². The number of likely N-dealkylation sites (N-methyl/N-ethyl adjacent to an activating group) is 1. The molecule has 0 bridgehead atoms. The average molecular weight is 220 g/mol. The molecule has 1 unspecified atom stereocenters. The first kappa shape index (κ1) is 11.0. The highest BCUT2D eigenvalue weighted by molar-refractivity contribution is 5.88. The Morgan fingerprint density at radius 1 is 1.62 bits per heavy atom. The van der Waals surface area contributed by atoms with E-state index in [0.29, 0.717) is 5.92 Å². The molecule has 5 heteroatoms. The number of likely N-dealkylation sites (tertiary alicyclic amines) is 1. The van der Waals surface area contributed by atoms with E-state index in [2.05, 4.69) is 21.9 Å². The van der Waals surface area contributed by atoms with E-state index < -0.39 is 5.91 Å². The van der Waals surface area contributed by atoms with E-state index in [4.69, 9.17) is 5.73 Å². The van der Waals surface area contributed by atoms with Crippen LogP contribution in [0.3, 0.4) is 0 Å². The monoisotopic (exact) mass is 220 g/mol. The van der Waals surface area contributed by atoms with Crippen molar-refractivity contribution in [3.8, 4) is 0 Å². The summed E-state index contributed by atoms with van der Waals surface area (Å²) in [6, 6.07) is 1.87. The number of carbonyl (C=O) groups excluding carboxylic acids is 1. The highest BCUT2D eigenvalue weighted by Crippen LogP contribution is 2.24. The Morgan fingerprint density at radius 2 is 2.44 bits per heavy atom. The second kappa shape index (κ2) is 4.57. The molecule has 2 N–H and O–H groups in total. The van der Waals surface area contributed by atoms with E-state index in [1.165, 1.54) is 0 Å². The normalized spacial score (nSPS) is 21.9. The minimum absolute atomic E-state index is 0.116. The zero-order valence-electron chi connectivity index (χ0n) is 9.39. The second-order valence-corrected chi connectivity index (χ2v) is 4.27. The molecule has 16 heavy (non-hydrogen) atoms. The van der Waals surface area contributed by atoms with Gasteiger partial charge in [0.25, 0.3) is 5.91 Å². The molecule has 1 aliphatic heterocycles. The number of nitrogens with zero attached hydrogens (tertiary/aromatic N) is 3. The van der Waals surface area contributed by atoms with Gasteiger partial charge in [-0.25, -0.2) is 9.97 Å². The highest BCUT2D eigenvalue weighted by Gasteiger charge is 2.20. The summed E-state index contributed by atoms with van der Waals surface area (Å²) in [5.74, 6) is -0.0587. The summed E-state index contributed by atoms with van der Waals surface area (Å²) in [6.45, 7) is 2.11. The Morgan fingerprint density at radius 3 is 3.12 bits per heavy atom. The summed E-state index contributed by atoms with van der Waals surface area (Å²) < 4.78 is 0. The Balaban J connectivity index is 2.19. The van der Waals surface area contributed by atoms with Gasteiger partial charge in [0.05, 0.1) is 0 Å². The largest absolute Gasteiger partial charge is 0.363 e. The number of nitrogens with two attached hydrogens (primary N) is 1. The summed E-state index contributed by atoms with van der Waals surface area (Å²) in [5.41, 5.74) is 6.09. The summed E-state index contributed by atoms with van der Waals surface area (Å²) in [6.07, 6.45) is 3.88. The lowest BCUT2D eigenvalue weighted by atomic mass is 9.95. The quantitative estimate of drug-likeness (QED) is 0.782. The Hall–Kier alpha value is -1.49. The lowest BCUT2D eigenvalue weighted by Crippen LogP contribution is -2.31. The molecule has 0 saturated carbocycles. The highest BCUT2D eigenvalue weighted by atomic mass is 16.1. The number of hydrogen-bond acceptors (Lipinski definition) is 4. The minimum Gasteiger partial charge on any atom is -0.363 e. The number of carbonyl (C=O) groups is 1. The van der Waals surface area contributed by atoms with Crippen molar-refractivity contribution in [1.29, 1.82) is 0 Å². The van der Waals surface area contributed by atoms with Gasteiger partial charge in [-0.15, -0.1) is 0 Å². The number of rotatable bonds is 2. The third-order valence-electron chi connectivity index (χ3n) is 2.94. The standard InChI is InChI=1S/C11H16N4O/c1-15-6-2-3-8(7-15)9-4-5-13-11(14-9)10(12)16/h4-5,8H,2-3,6-7H2,1H3,(H2,12,16). The van der Waals surface area contributed by atoms with Gasteiger partial charge in [-0.2, -0.15) is 0 Å². The van der Waals surface area contributed by atoms with Gasteiger partial charge in [-0.1, -0.05) is 0 Å². The zero-order valence-corrected chi connectivity index (χ0v) is 9.39. The minimum atomic E-state index is -0.564. The molecule has 0 spiro atoms. The van der Waals surface area contributed by atoms with E-state index in [1.54, 1.807) is 6.20 Å². The Bertz CT molecular complexity index is 393. The van der Waals surface area contributed by atoms with Crippen LogP contribution in [0.1, 0.15) is 35.1 Å². The van der Waals surface area contributed by atoms with Crippen LogP contribution in [0.25, 0.3) is 0 Å². The lowest BCUT2D eigenvalue weighted by molar-refractivity contribution is 0.0990. The van der Waals surface area contributed by atoms with E-state index in [-0.39, 0.29) is 5.82 Å². The fourth-order valence-corrected chi connectivity index (χ4v) is 2.13. The molecule has 1 aromatic heterocycles. The molecule has 1 atom stereocenters. The first-order valence-electron chi connectivity index (χ1n) is 5.48. The van der Waals surface area contributed by atoms with Crippen molar-refractivity contribution in [2.24, 2.45) is 5.73 Å². The van der Waals surface area contributed by atoms with E-state index in [0.717, 1.165) is 31.6 Å². The fraction of sp³-hybridized carbons (Fsp3) is 0.545. The summed E-state index contributed by atoms with van der Waals surface area (Å²) in [5, 5.41) is 0. The van der Waals surface area contributed by atoms with Crippen LogP contribution in [-0.2, 0) is 0 Å².